The van der Waals surface area contributed by atoms with Gasteiger partial charge in [-0.25, -0.2) is 0 Å². The van der Waals surface area contributed by atoms with E-state index in [1.807, 2.05) is 12.1 Å². The van der Waals surface area contributed by atoms with Crippen molar-refractivity contribution in [3.63, 3.8) is 0 Å². The van der Waals surface area contributed by atoms with E-state index in [1.165, 1.54) is 23.9 Å². The van der Waals surface area contributed by atoms with Crippen molar-refractivity contribution in [3.05, 3.63) is 28.9 Å². The molecule has 1 aliphatic rings. The Balaban J connectivity index is 2.06. The molecule has 1 aromatic carbocycles. The van der Waals surface area contributed by atoms with Crippen LogP contribution in [0.4, 0.5) is 0 Å². The van der Waals surface area contributed by atoms with Gasteiger partial charge in [-0.3, -0.25) is 5.10 Å². The third kappa shape index (κ3) is 1.60. The smallest absolute Gasteiger partial charge is 0.111 e. The van der Waals surface area contributed by atoms with Gasteiger partial charge in [0.2, 0.25) is 0 Å². The number of nitrogens with one attached hydrogen (secondary N) is 2. The van der Waals surface area contributed by atoms with Crippen LogP contribution in [0.5, 0.6) is 0 Å². The average Bonchev–Trinajstić information content (AvgIpc) is 2.75. The van der Waals surface area contributed by atoms with E-state index in [1.54, 1.807) is 0 Å². The van der Waals surface area contributed by atoms with Crippen molar-refractivity contribution in [1.29, 1.82) is 0 Å². The van der Waals surface area contributed by atoms with Gasteiger partial charge in [0.25, 0.3) is 0 Å². The largest absolute Gasteiger partial charge is 0.316 e. The van der Waals surface area contributed by atoms with Crippen LogP contribution < -0.4 is 5.32 Å². The minimum atomic E-state index is 0.539. The van der Waals surface area contributed by atoms with Crippen molar-refractivity contribution in [1.82, 2.24) is 15.5 Å². The molecule has 2 N–H and O–H groups in total. The zero-order chi connectivity index (χ0) is 11.0. The van der Waals surface area contributed by atoms with Gasteiger partial charge in [0.15, 0.2) is 0 Å². The van der Waals surface area contributed by atoms with Gasteiger partial charge in [-0.2, -0.15) is 5.10 Å². The molecule has 0 amide bonds. The van der Waals surface area contributed by atoms with Crippen LogP contribution in [0.2, 0.25) is 5.02 Å². The summed E-state index contributed by atoms with van der Waals surface area (Å²) < 4.78 is 0. The summed E-state index contributed by atoms with van der Waals surface area (Å²) in [6.07, 6.45) is 2.45. The number of piperidine rings is 1. The van der Waals surface area contributed by atoms with E-state index in [-0.39, 0.29) is 0 Å². The van der Waals surface area contributed by atoms with Gasteiger partial charge in [-0.05, 0) is 25.5 Å². The second kappa shape index (κ2) is 4.07. The van der Waals surface area contributed by atoms with Crippen LogP contribution in [0, 0.1) is 0 Å². The van der Waals surface area contributed by atoms with E-state index in [0.29, 0.717) is 5.92 Å². The molecule has 3 nitrogen and oxygen atoms in total. The molecular weight excluding hydrogens is 222 g/mol. The number of H-pyrrole nitrogens is 1. The van der Waals surface area contributed by atoms with E-state index >= 15 is 0 Å². The van der Waals surface area contributed by atoms with E-state index in [9.17, 15) is 0 Å². The first-order valence-corrected chi connectivity index (χ1v) is 6.07. The predicted octanol–water partition coefficient (Wildman–Crippen LogP) is 2.68. The molecule has 0 aliphatic carbocycles. The fourth-order valence-corrected chi connectivity index (χ4v) is 2.65. The Hall–Kier alpha value is -1.06. The summed E-state index contributed by atoms with van der Waals surface area (Å²) in [4.78, 5) is 0. The third-order valence-corrected chi connectivity index (χ3v) is 3.58. The summed E-state index contributed by atoms with van der Waals surface area (Å²) in [5, 5.41) is 12.8. The Labute approximate surface area is 99.2 Å². The molecule has 0 bridgehead atoms. The molecule has 1 saturated heterocycles. The van der Waals surface area contributed by atoms with Gasteiger partial charge in [0.1, 0.15) is 5.52 Å². The summed E-state index contributed by atoms with van der Waals surface area (Å²) in [6.45, 7) is 2.16. The van der Waals surface area contributed by atoms with Crippen LogP contribution in [0.15, 0.2) is 18.2 Å². The first-order valence-electron chi connectivity index (χ1n) is 5.69. The molecule has 2 heterocycles. The normalized spacial score (nSPS) is 21.4. The Morgan fingerprint density at radius 2 is 2.31 bits per heavy atom. The Kier molecular flexibility index (Phi) is 2.58. The maximum Gasteiger partial charge on any atom is 0.111 e. The van der Waals surface area contributed by atoms with Crippen molar-refractivity contribution in [2.75, 3.05) is 13.1 Å². The lowest BCUT2D eigenvalue weighted by molar-refractivity contribution is 0.456. The summed E-state index contributed by atoms with van der Waals surface area (Å²) >= 11 is 6.11. The van der Waals surface area contributed by atoms with Gasteiger partial charge >= 0.3 is 0 Å². The lowest BCUT2D eigenvalue weighted by Gasteiger charge is -2.21. The van der Waals surface area contributed by atoms with Crippen molar-refractivity contribution in [2.24, 2.45) is 0 Å². The van der Waals surface area contributed by atoms with Crippen molar-refractivity contribution in [3.8, 4) is 0 Å². The number of benzene rings is 1. The van der Waals surface area contributed by atoms with E-state index in [0.717, 1.165) is 23.6 Å². The number of hydrogen-bond acceptors (Lipinski definition) is 2. The van der Waals surface area contributed by atoms with Crippen LogP contribution in [-0.2, 0) is 0 Å². The highest BCUT2D eigenvalue weighted by atomic mass is 35.5. The lowest BCUT2D eigenvalue weighted by Crippen LogP contribution is -2.28. The molecule has 84 valence electrons. The lowest BCUT2D eigenvalue weighted by atomic mass is 9.94. The third-order valence-electron chi connectivity index (χ3n) is 3.27. The fourth-order valence-electron chi connectivity index (χ4n) is 2.43. The Bertz CT molecular complexity index is 500. The standard InChI is InChI=1S/C12H14ClN3/c13-10-5-1-4-9-11(15-16-12(9)10)8-3-2-6-14-7-8/h1,4-5,8,14H,2-3,6-7H2,(H,15,16). The molecule has 0 radical (unpaired) electrons. The number of hydrogen-bond donors (Lipinski definition) is 2. The second-order valence-electron chi connectivity index (χ2n) is 4.32. The number of para-hydroxylation sites is 1. The average molecular weight is 236 g/mol. The SMILES string of the molecule is Clc1cccc2c(C3CCCNC3)[nH]nc12. The minimum Gasteiger partial charge on any atom is -0.316 e. The zero-order valence-corrected chi connectivity index (χ0v) is 9.72. The fraction of sp³-hybridized carbons (Fsp3) is 0.417. The Morgan fingerprint density at radius 1 is 1.38 bits per heavy atom. The number of fused-ring (bicyclic) bond motifs is 1. The molecule has 0 spiro atoms. The molecule has 4 heteroatoms. The number of rotatable bonds is 1. The minimum absolute atomic E-state index is 0.539. The number of halogens is 1. The van der Waals surface area contributed by atoms with E-state index in [4.69, 9.17) is 11.6 Å². The zero-order valence-electron chi connectivity index (χ0n) is 8.96. The molecule has 0 saturated carbocycles. The van der Waals surface area contributed by atoms with Crippen molar-refractivity contribution < 1.29 is 0 Å². The highest BCUT2D eigenvalue weighted by Gasteiger charge is 2.19. The molecule has 2 aromatic rings. The van der Waals surface area contributed by atoms with Gasteiger partial charge in [-0.15, -0.1) is 0 Å². The van der Waals surface area contributed by atoms with Gasteiger partial charge < -0.3 is 5.32 Å². The van der Waals surface area contributed by atoms with Crippen LogP contribution in [0.3, 0.4) is 0 Å². The van der Waals surface area contributed by atoms with Gasteiger partial charge in [-0.1, -0.05) is 23.7 Å². The molecule has 16 heavy (non-hydrogen) atoms. The Morgan fingerprint density at radius 3 is 3.12 bits per heavy atom. The van der Waals surface area contributed by atoms with Crippen LogP contribution >= 0.6 is 11.6 Å². The number of nitrogens with zero attached hydrogens (tertiary/aromatic N) is 1. The maximum atomic E-state index is 6.11. The first-order chi connectivity index (χ1) is 7.86. The van der Waals surface area contributed by atoms with Crippen LogP contribution in [-0.4, -0.2) is 23.3 Å². The molecule has 1 unspecified atom stereocenters. The predicted molar refractivity (Wildman–Crippen MR) is 65.9 cm³/mol. The van der Waals surface area contributed by atoms with Gasteiger partial charge in [0.05, 0.1) is 5.02 Å². The molecule has 3 rings (SSSR count). The molecular formula is C12H14ClN3. The second-order valence-corrected chi connectivity index (χ2v) is 4.72. The number of aromatic amines is 1. The summed E-state index contributed by atoms with van der Waals surface area (Å²) in [5.74, 6) is 0.539. The topological polar surface area (TPSA) is 40.7 Å². The van der Waals surface area contributed by atoms with Crippen molar-refractivity contribution >= 4 is 22.5 Å². The summed E-state index contributed by atoms with van der Waals surface area (Å²) in [6, 6.07) is 5.96. The highest BCUT2D eigenvalue weighted by Crippen LogP contribution is 2.30. The number of aromatic nitrogens is 2. The summed E-state index contributed by atoms with van der Waals surface area (Å²) in [5.41, 5.74) is 2.12. The molecule has 1 aliphatic heterocycles. The van der Waals surface area contributed by atoms with Gasteiger partial charge in [0, 0.05) is 23.5 Å². The molecule has 1 fully saturated rings. The van der Waals surface area contributed by atoms with Crippen LogP contribution in [0.25, 0.3) is 10.9 Å². The van der Waals surface area contributed by atoms with E-state index in [2.05, 4.69) is 21.6 Å². The first kappa shape index (κ1) is 10.1. The summed E-state index contributed by atoms with van der Waals surface area (Å²) in [7, 11) is 0. The van der Waals surface area contributed by atoms with Crippen LogP contribution in [0.1, 0.15) is 24.5 Å². The van der Waals surface area contributed by atoms with E-state index < -0.39 is 0 Å². The monoisotopic (exact) mass is 235 g/mol. The molecule has 1 aromatic heterocycles. The van der Waals surface area contributed by atoms with Crippen molar-refractivity contribution in [2.45, 2.75) is 18.8 Å². The maximum absolute atomic E-state index is 6.11. The molecule has 1 atom stereocenters. The highest BCUT2D eigenvalue weighted by molar-refractivity contribution is 6.35. The quantitative estimate of drug-likeness (QED) is 0.798.